The van der Waals surface area contributed by atoms with Gasteiger partial charge < -0.3 is 5.11 Å². The van der Waals surface area contributed by atoms with Crippen molar-refractivity contribution in [2.45, 2.75) is 32.9 Å². The molecular formula is C14H18N2O2S. The van der Waals surface area contributed by atoms with Crippen LogP contribution < -0.4 is 0 Å². The number of nitriles is 1. The Labute approximate surface area is 117 Å². The van der Waals surface area contributed by atoms with Gasteiger partial charge in [0.25, 0.3) is 0 Å². The fourth-order valence-corrected chi connectivity index (χ4v) is 2.58. The van der Waals surface area contributed by atoms with Crippen molar-refractivity contribution in [3.8, 4) is 6.07 Å². The monoisotopic (exact) mass is 278 g/mol. The van der Waals surface area contributed by atoms with Gasteiger partial charge in [-0.3, -0.25) is 4.90 Å². The number of rotatable bonds is 7. The molecule has 1 N–H and O–H groups in total. The molecule has 0 radical (unpaired) electrons. The molecule has 0 atom stereocenters. The van der Waals surface area contributed by atoms with Crippen molar-refractivity contribution in [3.63, 3.8) is 0 Å². The molecule has 0 bridgehead atoms. The van der Waals surface area contributed by atoms with E-state index in [2.05, 4.69) is 24.8 Å². The van der Waals surface area contributed by atoms with Crippen LogP contribution in [0.2, 0.25) is 0 Å². The molecule has 102 valence electrons. The Hall–Kier alpha value is -1.64. The lowest BCUT2D eigenvalue weighted by molar-refractivity contribution is -0.131. The van der Waals surface area contributed by atoms with E-state index in [1.807, 2.05) is 11.4 Å². The van der Waals surface area contributed by atoms with Gasteiger partial charge in [0.2, 0.25) is 0 Å². The number of hydrogen-bond acceptors (Lipinski definition) is 4. The van der Waals surface area contributed by atoms with Gasteiger partial charge in [0.15, 0.2) is 0 Å². The van der Waals surface area contributed by atoms with Crippen molar-refractivity contribution in [2.24, 2.45) is 0 Å². The second kappa shape index (κ2) is 7.72. The third-order valence-corrected chi connectivity index (χ3v) is 3.69. The lowest BCUT2D eigenvalue weighted by Crippen LogP contribution is -2.31. The van der Waals surface area contributed by atoms with Gasteiger partial charge in [0, 0.05) is 36.5 Å². The zero-order valence-corrected chi connectivity index (χ0v) is 12.0. The number of carboxylic acid groups (broad SMARTS) is 1. The fraction of sp³-hybridized carbons (Fsp3) is 0.429. The summed E-state index contributed by atoms with van der Waals surface area (Å²) in [4.78, 5) is 13.9. The summed E-state index contributed by atoms with van der Waals surface area (Å²) in [5.41, 5.74) is 0.940. The summed E-state index contributed by atoms with van der Waals surface area (Å²) in [6, 6.07) is 4.43. The molecule has 0 saturated heterocycles. The maximum atomic E-state index is 10.5. The Morgan fingerprint density at radius 2 is 2.37 bits per heavy atom. The first-order chi connectivity index (χ1) is 9.04. The Morgan fingerprint density at radius 1 is 1.63 bits per heavy atom. The van der Waals surface area contributed by atoms with E-state index in [1.54, 1.807) is 17.4 Å². The topological polar surface area (TPSA) is 64.3 Å². The molecule has 5 heteroatoms. The minimum Gasteiger partial charge on any atom is -0.478 e. The fourth-order valence-electron chi connectivity index (χ4n) is 1.69. The van der Waals surface area contributed by atoms with Crippen LogP contribution in [0.25, 0.3) is 6.08 Å². The van der Waals surface area contributed by atoms with Crippen LogP contribution in [0.3, 0.4) is 0 Å². The molecule has 0 fully saturated rings. The van der Waals surface area contributed by atoms with Crippen molar-refractivity contribution >= 4 is 23.4 Å². The molecule has 4 nitrogen and oxygen atoms in total. The van der Waals surface area contributed by atoms with Crippen LogP contribution in [0, 0.1) is 11.3 Å². The van der Waals surface area contributed by atoms with Gasteiger partial charge in [-0.15, -0.1) is 11.3 Å². The van der Waals surface area contributed by atoms with E-state index in [9.17, 15) is 4.79 Å². The Bertz CT molecular complexity index is 486. The lowest BCUT2D eigenvalue weighted by Gasteiger charge is -2.25. The second-order valence-corrected chi connectivity index (χ2v) is 5.44. The minimum atomic E-state index is -0.942. The van der Waals surface area contributed by atoms with E-state index in [-0.39, 0.29) is 0 Å². The highest BCUT2D eigenvalue weighted by molar-refractivity contribution is 7.10. The van der Waals surface area contributed by atoms with Gasteiger partial charge in [0.05, 0.1) is 6.07 Å². The van der Waals surface area contributed by atoms with Crippen molar-refractivity contribution in [2.75, 3.05) is 6.54 Å². The average Bonchev–Trinajstić information content (AvgIpc) is 2.78. The summed E-state index contributed by atoms with van der Waals surface area (Å²) in [5, 5.41) is 19.3. The molecule has 1 aromatic heterocycles. The third kappa shape index (κ3) is 5.25. The summed E-state index contributed by atoms with van der Waals surface area (Å²) >= 11 is 1.61. The maximum Gasteiger partial charge on any atom is 0.328 e. The van der Waals surface area contributed by atoms with Crippen LogP contribution in [0.1, 0.15) is 30.7 Å². The molecule has 1 heterocycles. The van der Waals surface area contributed by atoms with Gasteiger partial charge in [-0.1, -0.05) is 0 Å². The van der Waals surface area contributed by atoms with E-state index in [4.69, 9.17) is 10.4 Å². The predicted octanol–water partition coefficient (Wildman–Crippen LogP) is 2.97. The molecule has 0 amide bonds. The number of carbonyl (C=O) groups is 1. The summed E-state index contributed by atoms with van der Waals surface area (Å²) < 4.78 is 0. The smallest absolute Gasteiger partial charge is 0.328 e. The van der Waals surface area contributed by atoms with Crippen LogP contribution in [0.5, 0.6) is 0 Å². The molecular weight excluding hydrogens is 260 g/mol. The summed E-state index contributed by atoms with van der Waals surface area (Å²) in [7, 11) is 0. The molecule has 1 aromatic rings. The van der Waals surface area contributed by atoms with E-state index >= 15 is 0 Å². The lowest BCUT2D eigenvalue weighted by atomic mass is 10.2. The number of carboxylic acids is 1. The number of thiophene rings is 1. The number of nitrogens with zero attached hydrogens (tertiary/aromatic N) is 2. The first kappa shape index (κ1) is 15.4. The van der Waals surface area contributed by atoms with Crippen LogP contribution in [0.15, 0.2) is 17.5 Å². The van der Waals surface area contributed by atoms with Gasteiger partial charge in [0.1, 0.15) is 0 Å². The highest BCUT2D eigenvalue weighted by atomic mass is 32.1. The maximum absolute atomic E-state index is 10.5. The highest BCUT2D eigenvalue weighted by Gasteiger charge is 2.12. The highest BCUT2D eigenvalue weighted by Crippen LogP contribution is 2.21. The van der Waals surface area contributed by atoms with Crippen molar-refractivity contribution in [1.29, 1.82) is 5.26 Å². The molecule has 1 rings (SSSR count). The summed E-state index contributed by atoms with van der Waals surface area (Å²) in [6.07, 6.45) is 3.28. The summed E-state index contributed by atoms with van der Waals surface area (Å²) in [5.74, 6) is -0.942. The molecule has 0 aliphatic rings. The SMILES string of the molecule is CC(C)N(CCC#N)Cc1sccc1C=CC(=O)O. The quantitative estimate of drug-likeness (QED) is 0.779. The van der Waals surface area contributed by atoms with Gasteiger partial charge in [-0.2, -0.15) is 5.26 Å². The molecule has 0 saturated carbocycles. The van der Waals surface area contributed by atoms with E-state index in [0.29, 0.717) is 12.5 Å². The Balaban J connectivity index is 2.77. The Kier molecular flexibility index (Phi) is 6.26. The van der Waals surface area contributed by atoms with Crippen LogP contribution >= 0.6 is 11.3 Å². The van der Waals surface area contributed by atoms with Crippen LogP contribution in [-0.4, -0.2) is 28.6 Å². The third-order valence-electron chi connectivity index (χ3n) is 2.77. The minimum absolute atomic E-state index is 0.353. The molecule has 0 unspecified atom stereocenters. The standard InChI is InChI=1S/C14H18N2O2S/c1-11(2)16(8-3-7-15)10-13-12(6-9-19-13)4-5-14(17)18/h4-6,9,11H,3,8,10H2,1-2H3,(H,17,18). The van der Waals surface area contributed by atoms with Crippen molar-refractivity contribution in [3.05, 3.63) is 28.0 Å². The number of hydrogen-bond donors (Lipinski definition) is 1. The van der Waals surface area contributed by atoms with Gasteiger partial charge in [-0.25, -0.2) is 4.79 Å². The Morgan fingerprint density at radius 3 is 2.95 bits per heavy atom. The first-order valence-corrected chi connectivity index (χ1v) is 7.01. The average molecular weight is 278 g/mol. The zero-order chi connectivity index (χ0) is 14.3. The van der Waals surface area contributed by atoms with Crippen molar-refractivity contribution in [1.82, 2.24) is 4.90 Å². The molecule has 0 spiro atoms. The largest absolute Gasteiger partial charge is 0.478 e. The predicted molar refractivity (Wildman–Crippen MR) is 76.8 cm³/mol. The van der Waals surface area contributed by atoms with Crippen LogP contribution in [0.4, 0.5) is 0 Å². The van der Waals surface area contributed by atoms with Gasteiger partial charge in [-0.05, 0) is 36.9 Å². The molecule has 0 aliphatic heterocycles. The van der Waals surface area contributed by atoms with E-state index in [1.165, 1.54) is 0 Å². The number of aliphatic carboxylic acids is 1. The first-order valence-electron chi connectivity index (χ1n) is 6.13. The summed E-state index contributed by atoms with van der Waals surface area (Å²) in [6.45, 7) is 5.67. The second-order valence-electron chi connectivity index (χ2n) is 4.44. The van der Waals surface area contributed by atoms with Gasteiger partial charge >= 0.3 is 5.97 Å². The zero-order valence-electron chi connectivity index (χ0n) is 11.2. The van der Waals surface area contributed by atoms with E-state index < -0.39 is 5.97 Å². The van der Waals surface area contributed by atoms with E-state index in [0.717, 1.165) is 29.6 Å². The molecule has 0 aliphatic carbocycles. The molecule has 19 heavy (non-hydrogen) atoms. The van der Waals surface area contributed by atoms with Crippen molar-refractivity contribution < 1.29 is 9.90 Å². The van der Waals surface area contributed by atoms with Crippen LogP contribution in [-0.2, 0) is 11.3 Å². The normalized spacial score (nSPS) is 11.3. The molecule has 0 aromatic carbocycles.